The number of ether oxygens (including phenoxy) is 2. The first-order valence-electron chi connectivity index (χ1n) is 9.28. The molecule has 0 spiro atoms. The van der Waals surface area contributed by atoms with E-state index in [9.17, 15) is 9.59 Å². The Hall–Kier alpha value is -2.96. The molecule has 6 heteroatoms. The molecule has 1 aromatic heterocycles. The number of carbonyl (C=O) groups excluding carboxylic acids is 1. The van der Waals surface area contributed by atoms with Gasteiger partial charge in [0.25, 0.3) is 5.91 Å². The summed E-state index contributed by atoms with van der Waals surface area (Å²) in [6, 6.07) is 17.6. The fourth-order valence-electron chi connectivity index (χ4n) is 3.29. The normalized spacial score (nSPS) is 19.4. The van der Waals surface area contributed by atoms with Gasteiger partial charge in [-0.25, -0.2) is 0 Å². The molecule has 1 amide bonds. The van der Waals surface area contributed by atoms with Crippen LogP contribution >= 0.6 is 0 Å². The van der Waals surface area contributed by atoms with Gasteiger partial charge in [-0.05, 0) is 24.1 Å². The Morgan fingerprint density at radius 1 is 1.11 bits per heavy atom. The topological polar surface area (TPSA) is 77.8 Å². The van der Waals surface area contributed by atoms with Gasteiger partial charge in [-0.3, -0.25) is 9.59 Å². The van der Waals surface area contributed by atoms with Gasteiger partial charge in [0.2, 0.25) is 0 Å². The Bertz CT molecular complexity index is 1010. The SMILES string of the molecule is O=C(N[C@@H]1COCC[C@@H]1OCc1ccccc1)c1cc(=O)c2ccccc2o1. The van der Waals surface area contributed by atoms with E-state index < -0.39 is 5.91 Å². The fourth-order valence-corrected chi connectivity index (χ4v) is 3.29. The largest absolute Gasteiger partial charge is 0.451 e. The van der Waals surface area contributed by atoms with E-state index in [1.54, 1.807) is 24.3 Å². The Balaban J connectivity index is 1.46. The molecule has 6 nitrogen and oxygen atoms in total. The molecular formula is C22H21NO5. The minimum absolute atomic E-state index is 0.0175. The molecular weight excluding hydrogens is 358 g/mol. The van der Waals surface area contributed by atoms with Crippen LogP contribution in [0.1, 0.15) is 22.5 Å². The zero-order chi connectivity index (χ0) is 19.3. The molecule has 2 aromatic carbocycles. The Labute approximate surface area is 162 Å². The van der Waals surface area contributed by atoms with E-state index in [0.29, 0.717) is 37.2 Å². The molecule has 4 rings (SSSR count). The highest BCUT2D eigenvalue weighted by atomic mass is 16.5. The third-order valence-electron chi connectivity index (χ3n) is 4.77. The monoisotopic (exact) mass is 379 g/mol. The van der Waals surface area contributed by atoms with Crippen molar-refractivity contribution in [3.05, 3.63) is 82.2 Å². The zero-order valence-corrected chi connectivity index (χ0v) is 15.3. The van der Waals surface area contributed by atoms with Crippen molar-refractivity contribution in [2.75, 3.05) is 13.2 Å². The number of para-hydroxylation sites is 1. The van der Waals surface area contributed by atoms with Crippen LogP contribution in [-0.4, -0.2) is 31.3 Å². The third kappa shape index (κ3) is 4.13. The molecule has 28 heavy (non-hydrogen) atoms. The first-order valence-corrected chi connectivity index (χ1v) is 9.28. The molecule has 0 aliphatic carbocycles. The smallest absolute Gasteiger partial charge is 0.287 e. The molecule has 0 unspecified atom stereocenters. The van der Waals surface area contributed by atoms with E-state index in [0.717, 1.165) is 5.56 Å². The van der Waals surface area contributed by atoms with Crippen molar-refractivity contribution in [3.8, 4) is 0 Å². The number of rotatable bonds is 5. The van der Waals surface area contributed by atoms with Crippen molar-refractivity contribution in [1.82, 2.24) is 5.32 Å². The van der Waals surface area contributed by atoms with Gasteiger partial charge in [0.05, 0.1) is 30.7 Å². The second kappa shape index (κ2) is 8.37. The number of hydrogen-bond donors (Lipinski definition) is 1. The summed E-state index contributed by atoms with van der Waals surface area (Å²) in [5.41, 5.74) is 1.21. The summed E-state index contributed by atoms with van der Waals surface area (Å²) in [7, 11) is 0. The van der Waals surface area contributed by atoms with Gasteiger partial charge in [0, 0.05) is 12.7 Å². The van der Waals surface area contributed by atoms with Crippen molar-refractivity contribution in [2.45, 2.75) is 25.2 Å². The lowest BCUT2D eigenvalue weighted by molar-refractivity contribution is -0.0606. The summed E-state index contributed by atoms with van der Waals surface area (Å²) >= 11 is 0. The lowest BCUT2D eigenvalue weighted by atomic mass is 10.1. The van der Waals surface area contributed by atoms with Gasteiger partial charge >= 0.3 is 0 Å². The third-order valence-corrected chi connectivity index (χ3v) is 4.77. The van der Waals surface area contributed by atoms with E-state index in [2.05, 4.69) is 5.32 Å². The van der Waals surface area contributed by atoms with Gasteiger partial charge < -0.3 is 19.2 Å². The predicted molar refractivity (Wildman–Crippen MR) is 104 cm³/mol. The van der Waals surface area contributed by atoms with Gasteiger partial charge in [-0.2, -0.15) is 0 Å². The maximum absolute atomic E-state index is 12.7. The molecule has 1 N–H and O–H groups in total. The van der Waals surface area contributed by atoms with Crippen LogP contribution in [-0.2, 0) is 16.1 Å². The molecule has 0 radical (unpaired) electrons. The van der Waals surface area contributed by atoms with Gasteiger partial charge in [-0.1, -0.05) is 42.5 Å². The molecule has 0 saturated carbocycles. The standard InChI is InChI=1S/C22H21NO5/c24-18-12-21(28-19-9-5-4-8-16(18)19)22(25)23-17-14-26-11-10-20(17)27-13-15-6-2-1-3-7-15/h1-9,12,17,20H,10-11,13-14H2,(H,23,25)/t17-,20+/m1/s1. The Morgan fingerprint density at radius 2 is 1.89 bits per heavy atom. The Morgan fingerprint density at radius 3 is 2.75 bits per heavy atom. The van der Waals surface area contributed by atoms with Gasteiger partial charge in [0.1, 0.15) is 5.58 Å². The molecule has 144 valence electrons. The molecule has 3 aromatic rings. The first-order chi connectivity index (χ1) is 13.7. The summed E-state index contributed by atoms with van der Waals surface area (Å²) in [5.74, 6) is -0.470. The van der Waals surface area contributed by atoms with Crippen molar-refractivity contribution in [3.63, 3.8) is 0 Å². The van der Waals surface area contributed by atoms with E-state index in [4.69, 9.17) is 13.9 Å². The van der Waals surface area contributed by atoms with Gasteiger partial charge in [0.15, 0.2) is 11.2 Å². The number of hydrogen-bond acceptors (Lipinski definition) is 5. The van der Waals surface area contributed by atoms with E-state index >= 15 is 0 Å². The average molecular weight is 379 g/mol. The fraction of sp³-hybridized carbons (Fsp3) is 0.273. The highest BCUT2D eigenvalue weighted by molar-refractivity contribution is 5.93. The van der Waals surface area contributed by atoms with Crippen LogP contribution in [0.15, 0.2) is 69.9 Å². The summed E-state index contributed by atoms with van der Waals surface area (Å²) in [6.07, 6.45) is 0.504. The van der Waals surface area contributed by atoms with E-state index in [1.807, 2.05) is 30.3 Å². The maximum atomic E-state index is 12.7. The van der Waals surface area contributed by atoms with Crippen LogP contribution in [0, 0.1) is 0 Å². The second-order valence-electron chi connectivity index (χ2n) is 6.75. The second-order valence-corrected chi connectivity index (χ2v) is 6.75. The summed E-state index contributed by atoms with van der Waals surface area (Å²) < 4.78 is 17.2. The first kappa shape index (κ1) is 18.4. The summed E-state index contributed by atoms with van der Waals surface area (Å²) in [4.78, 5) is 24.9. The van der Waals surface area contributed by atoms with E-state index in [1.165, 1.54) is 6.07 Å². The van der Waals surface area contributed by atoms with Crippen molar-refractivity contribution < 1.29 is 18.7 Å². The van der Waals surface area contributed by atoms with Crippen LogP contribution in [0.25, 0.3) is 11.0 Å². The number of benzene rings is 2. The molecule has 0 bridgehead atoms. The molecule has 1 aliphatic rings. The highest BCUT2D eigenvalue weighted by Gasteiger charge is 2.29. The number of nitrogens with one attached hydrogen (secondary N) is 1. The molecule has 1 aliphatic heterocycles. The van der Waals surface area contributed by atoms with Crippen LogP contribution < -0.4 is 10.7 Å². The zero-order valence-electron chi connectivity index (χ0n) is 15.3. The molecule has 1 fully saturated rings. The quantitative estimate of drug-likeness (QED) is 0.738. The van der Waals surface area contributed by atoms with Crippen LogP contribution in [0.2, 0.25) is 0 Å². The molecule has 2 heterocycles. The van der Waals surface area contributed by atoms with E-state index in [-0.39, 0.29) is 23.3 Å². The predicted octanol–water partition coefficient (Wildman–Crippen LogP) is 2.90. The molecule has 2 atom stereocenters. The van der Waals surface area contributed by atoms with Crippen molar-refractivity contribution in [2.24, 2.45) is 0 Å². The lowest BCUT2D eigenvalue weighted by Crippen LogP contribution is -2.50. The summed E-state index contributed by atoms with van der Waals surface area (Å²) in [6.45, 7) is 1.39. The molecule has 1 saturated heterocycles. The van der Waals surface area contributed by atoms with Crippen molar-refractivity contribution >= 4 is 16.9 Å². The van der Waals surface area contributed by atoms with Gasteiger partial charge in [-0.15, -0.1) is 0 Å². The van der Waals surface area contributed by atoms with Crippen LogP contribution in [0.3, 0.4) is 0 Å². The Kier molecular flexibility index (Phi) is 5.50. The minimum Gasteiger partial charge on any atom is -0.451 e. The highest BCUT2D eigenvalue weighted by Crippen LogP contribution is 2.16. The summed E-state index contributed by atoms with van der Waals surface area (Å²) in [5, 5.41) is 3.34. The number of fused-ring (bicyclic) bond motifs is 1. The number of carbonyl (C=O) groups is 1. The minimum atomic E-state index is -0.452. The van der Waals surface area contributed by atoms with Crippen LogP contribution in [0.5, 0.6) is 0 Å². The van der Waals surface area contributed by atoms with Crippen LogP contribution in [0.4, 0.5) is 0 Å². The van der Waals surface area contributed by atoms with Crippen molar-refractivity contribution in [1.29, 1.82) is 0 Å². The maximum Gasteiger partial charge on any atom is 0.287 e. The lowest BCUT2D eigenvalue weighted by Gasteiger charge is -2.32. The number of amides is 1. The average Bonchev–Trinajstić information content (AvgIpc) is 2.74.